The monoisotopic (exact) mass is 263 g/mol. The lowest BCUT2D eigenvalue weighted by Gasteiger charge is -2.15. The maximum Gasteiger partial charge on any atom is 0.325 e. The summed E-state index contributed by atoms with van der Waals surface area (Å²) in [6, 6.07) is 1.19. The summed E-state index contributed by atoms with van der Waals surface area (Å²) >= 11 is 0. The van der Waals surface area contributed by atoms with Crippen LogP contribution in [0.25, 0.3) is 0 Å². The number of hydrogen-bond acceptors (Lipinski definition) is 4. The Kier molecular flexibility index (Phi) is 3.60. The van der Waals surface area contributed by atoms with Crippen LogP contribution in [-0.2, 0) is 17.8 Å². The van der Waals surface area contributed by atoms with Crippen LogP contribution < -0.4 is 11.2 Å². The lowest BCUT2D eigenvalue weighted by molar-refractivity contribution is -0.129. The number of carbonyl (C=O) groups is 1. The summed E-state index contributed by atoms with van der Waals surface area (Å²) in [7, 11) is 1.62. The van der Waals surface area contributed by atoms with Gasteiger partial charge in [-0.25, -0.2) is 9.78 Å². The summed E-state index contributed by atoms with van der Waals surface area (Å²) in [6.45, 7) is 0.333. The number of hydrogen-bond donors (Lipinski definition) is 3. The van der Waals surface area contributed by atoms with Gasteiger partial charge in [0.1, 0.15) is 5.82 Å². The predicted molar refractivity (Wildman–Crippen MR) is 66.4 cm³/mol. The molecule has 100 valence electrons. The molecule has 0 bridgehead atoms. The van der Waals surface area contributed by atoms with Gasteiger partial charge in [-0.15, -0.1) is 0 Å². The zero-order chi connectivity index (χ0) is 13.8. The Morgan fingerprint density at radius 3 is 2.79 bits per heavy atom. The Hall–Kier alpha value is -2.64. The standard InChI is InChI=1S/C11H13N5O3/c1-16(6-8-12-2-3-13-8)10(18)5-7-4-9(17)15-11(19)14-7/h2-4H,5-6H2,1H3,(H,12,13)(H2,14,15,17,19). The number of imidazole rings is 1. The second kappa shape index (κ2) is 5.34. The maximum atomic E-state index is 11.9. The first-order valence-electron chi connectivity index (χ1n) is 5.59. The van der Waals surface area contributed by atoms with Crippen molar-refractivity contribution in [3.8, 4) is 0 Å². The van der Waals surface area contributed by atoms with E-state index < -0.39 is 11.2 Å². The second-order valence-corrected chi connectivity index (χ2v) is 4.08. The molecule has 0 saturated heterocycles. The summed E-state index contributed by atoms with van der Waals surface area (Å²) in [5.74, 6) is 0.438. The van der Waals surface area contributed by atoms with E-state index in [4.69, 9.17) is 0 Å². The normalized spacial score (nSPS) is 10.4. The predicted octanol–water partition coefficient (Wildman–Crippen LogP) is -1.01. The van der Waals surface area contributed by atoms with Crippen molar-refractivity contribution in [2.24, 2.45) is 0 Å². The first-order chi connectivity index (χ1) is 9.04. The van der Waals surface area contributed by atoms with Gasteiger partial charge in [0.15, 0.2) is 0 Å². The highest BCUT2D eigenvalue weighted by Gasteiger charge is 2.12. The molecule has 0 fully saturated rings. The first kappa shape index (κ1) is 12.8. The number of likely N-dealkylation sites (N-methyl/N-ethyl adjacent to an activating group) is 1. The van der Waals surface area contributed by atoms with E-state index in [1.165, 1.54) is 11.0 Å². The minimum atomic E-state index is -0.621. The van der Waals surface area contributed by atoms with E-state index in [1.807, 2.05) is 4.98 Å². The van der Waals surface area contributed by atoms with Crippen molar-refractivity contribution in [2.45, 2.75) is 13.0 Å². The van der Waals surface area contributed by atoms with Crippen LogP contribution in [0, 0.1) is 0 Å². The average Bonchev–Trinajstić information content (AvgIpc) is 2.80. The molecule has 0 spiro atoms. The Labute approximate surface area is 107 Å². The van der Waals surface area contributed by atoms with Gasteiger partial charge in [0.2, 0.25) is 5.91 Å². The van der Waals surface area contributed by atoms with Crippen LogP contribution >= 0.6 is 0 Å². The molecule has 8 nitrogen and oxygen atoms in total. The second-order valence-electron chi connectivity index (χ2n) is 4.08. The Morgan fingerprint density at radius 2 is 2.16 bits per heavy atom. The molecule has 8 heteroatoms. The summed E-state index contributed by atoms with van der Waals surface area (Å²) in [5, 5.41) is 0. The maximum absolute atomic E-state index is 11.9. The Morgan fingerprint density at radius 1 is 1.37 bits per heavy atom. The van der Waals surface area contributed by atoms with Crippen molar-refractivity contribution < 1.29 is 4.79 Å². The van der Waals surface area contributed by atoms with Gasteiger partial charge in [0.25, 0.3) is 5.56 Å². The fourth-order valence-electron chi connectivity index (χ4n) is 1.61. The summed E-state index contributed by atoms with van der Waals surface area (Å²) < 4.78 is 0. The minimum Gasteiger partial charge on any atom is -0.347 e. The van der Waals surface area contributed by atoms with Crippen molar-refractivity contribution in [3.63, 3.8) is 0 Å². The molecule has 0 saturated carbocycles. The molecule has 19 heavy (non-hydrogen) atoms. The van der Waals surface area contributed by atoms with E-state index in [1.54, 1.807) is 19.4 Å². The molecule has 0 aliphatic carbocycles. The fourth-order valence-corrected chi connectivity index (χ4v) is 1.61. The molecule has 0 aliphatic rings. The largest absolute Gasteiger partial charge is 0.347 e. The molecule has 3 N–H and O–H groups in total. The topological polar surface area (TPSA) is 115 Å². The van der Waals surface area contributed by atoms with Gasteiger partial charge in [0, 0.05) is 31.2 Å². The number of aromatic nitrogens is 4. The van der Waals surface area contributed by atoms with Crippen LogP contribution in [0.15, 0.2) is 28.0 Å². The van der Waals surface area contributed by atoms with Gasteiger partial charge in [0.05, 0.1) is 13.0 Å². The molecule has 2 heterocycles. The average molecular weight is 263 g/mol. The van der Waals surface area contributed by atoms with E-state index >= 15 is 0 Å². The van der Waals surface area contributed by atoms with Crippen LogP contribution in [0.5, 0.6) is 0 Å². The van der Waals surface area contributed by atoms with E-state index in [2.05, 4.69) is 15.0 Å². The van der Waals surface area contributed by atoms with Gasteiger partial charge in [-0.05, 0) is 0 Å². The molecule has 1 amide bonds. The molecule has 0 unspecified atom stereocenters. The van der Waals surface area contributed by atoms with Crippen molar-refractivity contribution in [1.82, 2.24) is 24.8 Å². The fraction of sp³-hybridized carbons (Fsp3) is 0.273. The van der Waals surface area contributed by atoms with Gasteiger partial charge in [-0.2, -0.15) is 0 Å². The van der Waals surface area contributed by atoms with Crippen molar-refractivity contribution in [1.29, 1.82) is 0 Å². The van der Waals surface area contributed by atoms with Crippen LogP contribution in [-0.4, -0.2) is 37.8 Å². The van der Waals surface area contributed by atoms with Crippen molar-refractivity contribution in [3.05, 3.63) is 50.8 Å². The highest BCUT2D eigenvalue weighted by atomic mass is 16.2. The van der Waals surface area contributed by atoms with E-state index in [9.17, 15) is 14.4 Å². The lowest BCUT2D eigenvalue weighted by atomic mass is 10.2. The van der Waals surface area contributed by atoms with Gasteiger partial charge in [-0.3, -0.25) is 14.6 Å². The van der Waals surface area contributed by atoms with Crippen LogP contribution in [0.3, 0.4) is 0 Å². The van der Waals surface area contributed by atoms with Crippen molar-refractivity contribution in [2.75, 3.05) is 7.05 Å². The molecular weight excluding hydrogens is 250 g/mol. The number of rotatable bonds is 4. The summed E-state index contributed by atoms with van der Waals surface area (Å²) in [5.41, 5.74) is -0.866. The van der Waals surface area contributed by atoms with Gasteiger partial charge < -0.3 is 14.9 Å². The third kappa shape index (κ3) is 3.41. The van der Waals surface area contributed by atoms with E-state index in [0.29, 0.717) is 12.4 Å². The number of carbonyl (C=O) groups excluding carboxylic acids is 1. The molecular formula is C11H13N5O3. The van der Waals surface area contributed by atoms with Gasteiger partial charge >= 0.3 is 5.69 Å². The number of nitrogens with zero attached hydrogens (tertiary/aromatic N) is 2. The molecule has 0 atom stereocenters. The number of aromatic amines is 3. The van der Waals surface area contributed by atoms with E-state index in [0.717, 1.165) is 0 Å². The number of H-pyrrole nitrogens is 3. The highest BCUT2D eigenvalue weighted by molar-refractivity contribution is 5.77. The first-order valence-corrected chi connectivity index (χ1v) is 5.59. The Bertz CT molecular complexity index is 642. The Balaban J connectivity index is 2.04. The van der Waals surface area contributed by atoms with Crippen LogP contribution in [0.1, 0.15) is 11.5 Å². The molecule has 2 rings (SSSR count). The third-order valence-electron chi connectivity index (χ3n) is 2.53. The van der Waals surface area contributed by atoms with Crippen LogP contribution in [0.2, 0.25) is 0 Å². The van der Waals surface area contributed by atoms with Gasteiger partial charge in [-0.1, -0.05) is 0 Å². The third-order valence-corrected chi connectivity index (χ3v) is 2.53. The summed E-state index contributed by atoms with van der Waals surface area (Å²) in [4.78, 5) is 46.9. The lowest BCUT2D eigenvalue weighted by Crippen LogP contribution is -2.30. The quantitative estimate of drug-likeness (QED) is 0.655. The van der Waals surface area contributed by atoms with Crippen molar-refractivity contribution >= 4 is 5.91 Å². The molecule has 2 aromatic heterocycles. The SMILES string of the molecule is CN(Cc1ncc[nH]1)C(=O)Cc1cc(=O)[nH]c(=O)[nH]1. The van der Waals surface area contributed by atoms with E-state index in [-0.39, 0.29) is 18.0 Å². The summed E-state index contributed by atoms with van der Waals surface area (Å²) in [6.07, 6.45) is 3.22. The zero-order valence-corrected chi connectivity index (χ0v) is 10.3. The van der Waals surface area contributed by atoms with Crippen LogP contribution in [0.4, 0.5) is 0 Å². The highest BCUT2D eigenvalue weighted by Crippen LogP contribution is 1.99. The number of nitrogens with one attached hydrogen (secondary N) is 3. The molecule has 0 aromatic carbocycles. The number of amides is 1. The smallest absolute Gasteiger partial charge is 0.325 e. The minimum absolute atomic E-state index is 0.0453. The molecule has 2 aromatic rings. The zero-order valence-electron chi connectivity index (χ0n) is 10.3. The molecule has 0 radical (unpaired) electrons. The molecule has 0 aliphatic heterocycles.